The Balaban J connectivity index is 1.38. The first-order valence-corrected chi connectivity index (χ1v) is 10.2. The van der Waals surface area contributed by atoms with Gasteiger partial charge in [0.2, 0.25) is 0 Å². The molecule has 0 aliphatic carbocycles. The number of fused-ring (bicyclic) bond motifs is 1. The monoisotopic (exact) mass is 392 g/mol. The number of nitrogens with zero attached hydrogens (tertiary/aromatic N) is 2. The molecule has 4 rings (SSSR count). The maximum atomic E-state index is 6.04. The van der Waals surface area contributed by atoms with Crippen molar-refractivity contribution in [1.29, 1.82) is 0 Å². The quantitative estimate of drug-likeness (QED) is 0.590. The SMILES string of the molecule is COc1cccc(OCC2CCCN(Cc3ccc4cccc(OC)c4n3)C2)c1. The van der Waals surface area contributed by atoms with E-state index in [4.69, 9.17) is 19.2 Å². The summed E-state index contributed by atoms with van der Waals surface area (Å²) in [6.45, 7) is 3.70. The van der Waals surface area contributed by atoms with Crippen molar-refractivity contribution >= 4 is 10.9 Å². The zero-order valence-corrected chi connectivity index (χ0v) is 17.1. The number of hydrogen-bond donors (Lipinski definition) is 0. The Morgan fingerprint density at radius 3 is 2.72 bits per heavy atom. The fraction of sp³-hybridized carbons (Fsp3) is 0.375. The molecule has 0 saturated carbocycles. The van der Waals surface area contributed by atoms with Crippen LogP contribution in [0.3, 0.4) is 0 Å². The fourth-order valence-corrected chi connectivity index (χ4v) is 3.98. The molecule has 5 heteroatoms. The Labute approximate surface area is 172 Å². The van der Waals surface area contributed by atoms with Crippen LogP contribution < -0.4 is 14.2 Å². The maximum Gasteiger partial charge on any atom is 0.145 e. The number of hydrogen-bond acceptors (Lipinski definition) is 5. The largest absolute Gasteiger partial charge is 0.497 e. The van der Waals surface area contributed by atoms with E-state index in [2.05, 4.69) is 23.1 Å². The molecular weight excluding hydrogens is 364 g/mol. The number of benzene rings is 2. The molecule has 2 heterocycles. The van der Waals surface area contributed by atoms with Crippen LogP contribution in [0.2, 0.25) is 0 Å². The van der Waals surface area contributed by atoms with Crippen LogP contribution in [0.5, 0.6) is 17.2 Å². The van der Waals surface area contributed by atoms with Gasteiger partial charge in [-0.15, -0.1) is 0 Å². The van der Waals surface area contributed by atoms with Gasteiger partial charge in [-0.2, -0.15) is 0 Å². The molecule has 152 valence electrons. The lowest BCUT2D eigenvalue weighted by Crippen LogP contribution is -2.37. The number of methoxy groups -OCH3 is 2. The average molecular weight is 392 g/mol. The van der Waals surface area contributed by atoms with Crippen LogP contribution in [0, 0.1) is 5.92 Å². The third-order valence-corrected chi connectivity index (χ3v) is 5.48. The second kappa shape index (κ2) is 9.14. The lowest BCUT2D eigenvalue weighted by Gasteiger charge is -2.32. The van der Waals surface area contributed by atoms with Crippen LogP contribution in [0.15, 0.2) is 54.6 Å². The minimum absolute atomic E-state index is 0.518. The van der Waals surface area contributed by atoms with Crippen molar-refractivity contribution in [2.24, 2.45) is 5.92 Å². The fourth-order valence-electron chi connectivity index (χ4n) is 3.98. The number of pyridine rings is 1. The number of aromatic nitrogens is 1. The normalized spacial score (nSPS) is 17.2. The van der Waals surface area contributed by atoms with Crippen LogP contribution in [-0.4, -0.2) is 43.8 Å². The van der Waals surface area contributed by atoms with E-state index in [1.807, 2.05) is 36.4 Å². The average Bonchev–Trinajstić information content (AvgIpc) is 2.77. The van der Waals surface area contributed by atoms with E-state index in [-0.39, 0.29) is 0 Å². The summed E-state index contributed by atoms with van der Waals surface area (Å²) in [6, 6.07) is 18.1. The van der Waals surface area contributed by atoms with Gasteiger partial charge in [0.15, 0.2) is 0 Å². The Morgan fingerprint density at radius 2 is 1.86 bits per heavy atom. The molecule has 5 nitrogen and oxygen atoms in total. The highest BCUT2D eigenvalue weighted by Gasteiger charge is 2.21. The molecule has 1 saturated heterocycles. The van der Waals surface area contributed by atoms with Crippen molar-refractivity contribution < 1.29 is 14.2 Å². The molecule has 1 aliphatic rings. The summed E-state index contributed by atoms with van der Waals surface area (Å²) >= 11 is 0. The molecule has 1 fully saturated rings. The highest BCUT2D eigenvalue weighted by molar-refractivity contribution is 5.84. The van der Waals surface area contributed by atoms with Crippen molar-refractivity contribution in [3.63, 3.8) is 0 Å². The van der Waals surface area contributed by atoms with Gasteiger partial charge in [0.05, 0.1) is 26.5 Å². The highest BCUT2D eigenvalue weighted by Crippen LogP contribution is 2.25. The highest BCUT2D eigenvalue weighted by atomic mass is 16.5. The summed E-state index contributed by atoms with van der Waals surface area (Å²) in [7, 11) is 3.37. The van der Waals surface area contributed by atoms with Gasteiger partial charge in [-0.3, -0.25) is 4.90 Å². The van der Waals surface area contributed by atoms with E-state index in [9.17, 15) is 0 Å². The van der Waals surface area contributed by atoms with Crippen molar-refractivity contribution in [3.05, 3.63) is 60.3 Å². The van der Waals surface area contributed by atoms with Crippen LogP contribution in [0.4, 0.5) is 0 Å². The molecule has 2 aromatic carbocycles. The number of likely N-dealkylation sites (tertiary alicyclic amines) is 1. The summed E-state index contributed by atoms with van der Waals surface area (Å²) in [5.74, 6) is 3.04. The molecule has 0 bridgehead atoms. The number of piperidine rings is 1. The Bertz CT molecular complexity index is 960. The van der Waals surface area contributed by atoms with Gasteiger partial charge in [0.25, 0.3) is 0 Å². The van der Waals surface area contributed by atoms with E-state index < -0.39 is 0 Å². The third-order valence-electron chi connectivity index (χ3n) is 5.48. The topological polar surface area (TPSA) is 43.8 Å². The standard InChI is InChI=1S/C24H28N2O3/c1-27-21-8-4-9-22(14-21)29-17-18-6-5-13-26(15-18)16-20-12-11-19-7-3-10-23(28-2)24(19)25-20/h3-4,7-12,14,18H,5-6,13,15-17H2,1-2H3. The van der Waals surface area contributed by atoms with Crippen LogP contribution >= 0.6 is 0 Å². The number of ether oxygens (including phenoxy) is 3. The van der Waals surface area contributed by atoms with E-state index in [1.54, 1.807) is 14.2 Å². The minimum atomic E-state index is 0.518. The van der Waals surface area contributed by atoms with Gasteiger partial charge >= 0.3 is 0 Å². The molecule has 0 N–H and O–H groups in total. The van der Waals surface area contributed by atoms with Crippen LogP contribution in [0.1, 0.15) is 18.5 Å². The molecule has 1 aliphatic heterocycles. The summed E-state index contributed by atoms with van der Waals surface area (Å²) in [4.78, 5) is 7.34. The van der Waals surface area contributed by atoms with Gasteiger partial charge in [-0.25, -0.2) is 4.98 Å². The van der Waals surface area contributed by atoms with Crippen molar-refractivity contribution in [1.82, 2.24) is 9.88 Å². The summed E-state index contributed by atoms with van der Waals surface area (Å²) in [5, 5.41) is 1.11. The van der Waals surface area contributed by atoms with E-state index in [1.165, 1.54) is 12.8 Å². The lowest BCUT2D eigenvalue weighted by atomic mass is 9.99. The van der Waals surface area contributed by atoms with Gasteiger partial charge in [0, 0.05) is 30.5 Å². The second-order valence-electron chi connectivity index (χ2n) is 7.57. The van der Waals surface area contributed by atoms with Crippen molar-refractivity contribution in [2.45, 2.75) is 19.4 Å². The Hall–Kier alpha value is -2.79. The predicted octanol–water partition coefficient (Wildman–Crippen LogP) is 4.54. The molecule has 0 radical (unpaired) electrons. The van der Waals surface area contributed by atoms with Crippen LogP contribution in [0.25, 0.3) is 10.9 Å². The first kappa shape index (κ1) is 19.5. The molecule has 1 unspecified atom stereocenters. The molecule has 0 spiro atoms. The number of rotatable bonds is 7. The maximum absolute atomic E-state index is 6.04. The summed E-state index contributed by atoms with van der Waals surface area (Å²) < 4.78 is 16.8. The zero-order chi connectivity index (χ0) is 20.1. The molecule has 1 aromatic heterocycles. The van der Waals surface area contributed by atoms with E-state index >= 15 is 0 Å². The molecule has 3 aromatic rings. The summed E-state index contributed by atoms with van der Waals surface area (Å²) in [5.41, 5.74) is 2.01. The van der Waals surface area contributed by atoms with E-state index in [0.717, 1.165) is 60.1 Å². The van der Waals surface area contributed by atoms with Crippen molar-refractivity contribution in [3.8, 4) is 17.2 Å². The van der Waals surface area contributed by atoms with E-state index in [0.29, 0.717) is 5.92 Å². The Morgan fingerprint density at radius 1 is 1.00 bits per heavy atom. The zero-order valence-electron chi connectivity index (χ0n) is 17.1. The molecular formula is C24H28N2O3. The molecule has 29 heavy (non-hydrogen) atoms. The second-order valence-corrected chi connectivity index (χ2v) is 7.57. The van der Waals surface area contributed by atoms with Crippen LogP contribution in [-0.2, 0) is 6.54 Å². The summed E-state index contributed by atoms with van der Waals surface area (Å²) in [6.07, 6.45) is 2.38. The predicted molar refractivity (Wildman–Crippen MR) is 115 cm³/mol. The van der Waals surface area contributed by atoms with Gasteiger partial charge < -0.3 is 14.2 Å². The Kier molecular flexibility index (Phi) is 6.15. The van der Waals surface area contributed by atoms with Crippen molar-refractivity contribution in [2.75, 3.05) is 33.9 Å². The molecule has 1 atom stereocenters. The first-order chi connectivity index (χ1) is 14.2. The smallest absolute Gasteiger partial charge is 0.145 e. The minimum Gasteiger partial charge on any atom is -0.497 e. The van der Waals surface area contributed by atoms with Gasteiger partial charge in [-0.05, 0) is 43.7 Å². The first-order valence-electron chi connectivity index (χ1n) is 10.2. The van der Waals surface area contributed by atoms with Gasteiger partial charge in [-0.1, -0.05) is 24.3 Å². The van der Waals surface area contributed by atoms with Gasteiger partial charge in [0.1, 0.15) is 22.8 Å². The lowest BCUT2D eigenvalue weighted by molar-refractivity contribution is 0.124. The third kappa shape index (κ3) is 4.80. The number of para-hydroxylation sites is 1. The molecule has 0 amide bonds.